The molecule has 0 fully saturated rings. The number of urea groups is 1. The van der Waals surface area contributed by atoms with Crippen LogP contribution in [0.1, 0.15) is 20.7 Å². The first-order chi connectivity index (χ1) is 9.35. The lowest BCUT2D eigenvalue weighted by Crippen LogP contribution is -2.45. The maximum absolute atomic E-state index is 11.6. The number of hydrazine groups is 1. The van der Waals surface area contributed by atoms with Gasteiger partial charge in [0.05, 0.1) is 10.5 Å². The SMILES string of the molecule is CNC(=O)NNC(=O)c1cc(C(=O)O)cc([N+](=O)[O-])c1. The highest BCUT2D eigenvalue weighted by Crippen LogP contribution is 2.17. The molecule has 0 atom stereocenters. The maximum Gasteiger partial charge on any atom is 0.335 e. The summed E-state index contributed by atoms with van der Waals surface area (Å²) < 4.78 is 0. The van der Waals surface area contributed by atoms with Gasteiger partial charge in [0.15, 0.2) is 0 Å². The van der Waals surface area contributed by atoms with Crippen LogP contribution < -0.4 is 16.2 Å². The summed E-state index contributed by atoms with van der Waals surface area (Å²) in [5.41, 5.74) is 2.70. The Bertz CT molecular complexity index is 553. The van der Waals surface area contributed by atoms with Crippen LogP contribution in [0.5, 0.6) is 0 Å². The lowest BCUT2D eigenvalue weighted by atomic mass is 10.1. The molecule has 1 aromatic carbocycles. The Morgan fingerprint density at radius 3 is 2.25 bits per heavy atom. The minimum Gasteiger partial charge on any atom is -0.478 e. The molecule has 4 N–H and O–H groups in total. The molecule has 0 radical (unpaired) electrons. The van der Waals surface area contributed by atoms with E-state index in [0.29, 0.717) is 0 Å². The Balaban J connectivity index is 3.04. The van der Waals surface area contributed by atoms with Crippen LogP contribution in [0.2, 0.25) is 0 Å². The van der Waals surface area contributed by atoms with Crippen molar-refractivity contribution in [2.45, 2.75) is 0 Å². The minimum atomic E-state index is -1.41. The van der Waals surface area contributed by atoms with Crippen LogP contribution in [0, 0.1) is 10.1 Å². The fraction of sp³-hybridized carbons (Fsp3) is 0.100. The number of nitro groups is 1. The van der Waals surface area contributed by atoms with Crippen molar-refractivity contribution in [1.82, 2.24) is 16.2 Å². The van der Waals surface area contributed by atoms with Crippen molar-refractivity contribution in [3.8, 4) is 0 Å². The lowest BCUT2D eigenvalue weighted by molar-refractivity contribution is -0.384. The number of carbonyl (C=O) groups is 3. The summed E-state index contributed by atoms with van der Waals surface area (Å²) in [5, 5.41) is 21.6. The van der Waals surface area contributed by atoms with Crippen LogP contribution >= 0.6 is 0 Å². The van der Waals surface area contributed by atoms with Crippen LogP contribution in [0.3, 0.4) is 0 Å². The number of nitrogens with one attached hydrogen (secondary N) is 3. The molecule has 1 rings (SSSR count). The quantitative estimate of drug-likeness (QED) is 0.447. The molecule has 0 spiro atoms. The molecule has 106 valence electrons. The van der Waals surface area contributed by atoms with Crippen molar-refractivity contribution in [1.29, 1.82) is 0 Å². The molecule has 0 heterocycles. The normalized spacial score (nSPS) is 9.45. The molecule has 0 bridgehead atoms. The Labute approximate surface area is 111 Å². The first-order valence-electron chi connectivity index (χ1n) is 5.16. The summed E-state index contributed by atoms with van der Waals surface area (Å²) in [6.45, 7) is 0. The number of rotatable bonds is 3. The molecular weight excluding hydrogens is 272 g/mol. The highest BCUT2D eigenvalue weighted by atomic mass is 16.6. The number of carboxylic acids is 1. The average molecular weight is 282 g/mol. The van der Waals surface area contributed by atoms with Crippen LogP contribution in [0.15, 0.2) is 18.2 Å². The Morgan fingerprint density at radius 2 is 1.75 bits per heavy atom. The summed E-state index contributed by atoms with van der Waals surface area (Å²) in [4.78, 5) is 43.2. The molecule has 0 aliphatic heterocycles. The third kappa shape index (κ3) is 3.66. The summed E-state index contributed by atoms with van der Waals surface area (Å²) in [6.07, 6.45) is 0. The Kier molecular flexibility index (Phi) is 4.56. The van der Waals surface area contributed by atoms with Gasteiger partial charge in [-0.25, -0.2) is 15.0 Å². The van der Waals surface area contributed by atoms with Crippen molar-refractivity contribution in [3.63, 3.8) is 0 Å². The van der Waals surface area contributed by atoms with E-state index in [-0.39, 0.29) is 5.56 Å². The van der Waals surface area contributed by atoms with Crippen molar-refractivity contribution < 1.29 is 24.4 Å². The third-order valence-electron chi connectivity index (χ3n) is 2.15. The fourth-order valence-corrected chi connectivity index (χ4v) is 1.22. The molecule has 0 unspecified atom stereocenters. The van der Waals surface area contributed by atoms with Gasteiger partial charge in [0.25, 0.3) is 11.6 Å². The second kappa shape index (κ2) is 6.13. The standard InChI is InChI=1S/C10H10N4O6/c1-11-10(18)13-12-8(15)5-2-6(9(16)17)4-7(3-5)14(19)20/h2-4H,1H3,(H,12,15)(H,16,17)(H2,11,13,18). The number of hydrogen-bond donors (Lipinski definition) is 4. The predicted octanol–water partition coefficient (Wildman–Crippen LogP) is -0.133. The summed E-state index contributed by atoms with van der Waals surface area (Å²) in [5.74, 6) is -2.30. The van der Waals surface area contributed by atoms with Gasteiger partial charge in [0, 0.05) is 24.7 Å². The number of nitro benzene ring substituents is 1. The largest absolute Gasteiger partial charge is 0.478 e. The van der Waals surface area contributed by atoms with Crippen LogP contribution in [-0.4, -0.2) is 35.0 Å². The number of hydrogen-bond acceptors (Lipinski definition) is 5. The molecule has 20 heavy (non-hydrogen) atoms. The van der Waals surface area contributed by atoms with Crippen LogP contribution in [0.4, 0.5) is 10.5 Å². The van der Waals surface area contributed by atoms with E-state index in [9.17, 15) is 24.5 Å². The number of non-ortho nitro benzene ring substituents is 1. The molecule has 0 aliphatic carbocycles. The second-order valence-electron chi connectivity index (χ2n) is 3.49. The van der Waals surface area contributed by atoms with Crippen LogP contribution in [-0.2, 0) is 0 Å². The predicted molar refractivity (Wildman–Crippen MR) is 65.1 cm³/mol. The molecule has 10 heteroatoms. The van der Waals surface area contributed by atoms with Crippen LogP contribution in [0.25, 0.3) is 0 Å². The number of carbonyl (C=O) groups excluding carboxylic acids is 2. The molecular formula is C10H10N4O6. The zero-order valence-electron chi connectivity index (χ0n) is 10.2. The zero-order chi connectivity index (χ0) is 15.3. The van der Waals surface area contributed by atoms with Gasteiger partial charge in [-0.1, -0.05) is 0 Å². The summed E-state index contributed by atoms with van der Waals surface area (Å²) in [7, 11) is 1.32. The average Bonchev–Trinajstić information content (AvgIpc) is 2.43. The van der Waals surface area contributed by atoms with Crippen molar-refractivity contribution >= 4 is 23.6 Å². The summed E-state index contributed by atoms with van der Waals surface area (Å²) in [6, 6.07) is 1.97. The highest BCUT2D eigenvalue weighted by molar-refractivity contribution is 5.99. The van der Waals surface area contributed by atoms with Gasteiger partial charge >= 0.3 is 12.0 Å². The van der Waals surface area contributed by atoms with Gasteiger partial charge < -0.3 is 10.4 Å². The first-order valence-corrected chi connectivity index (χ1v) is 5.16. The summed E-state index contributed by atoms with van der Waals surface area (Å²) >= 11 is 0. The molecule has 0 saturated carbocycles. The molecule has 3 amide bonds. The van der Waals surface area contributed by atoms with E-state index < -0.39 is 34.1 Å². The number of nitrogens with zero attached hydrogens (tertiary/aromatic N) is 1. The van der Waals surface area contributed by atoms with E-state index in [2.05, 4.69) is 5.32 Å². The maximum atomic E-state index is 11.6. The smallest absolute Gasteiger partial charge is 0.335 e. The topological polar surface area (TPSA) is 151 Å². The van der Waals surface area contributed by atoms with Gasteiger partial charge in [0.1, 0.15) is 0 Å². The van der Waals surface area contributed by atoms with Gasteiger partial charge in [-0.05, 0) is 6.07 Å². The van der Waals surface area contributed by atoms with Gasteiger partial charge in [-0.2, -0.15) is 0 Å². The number of carboxylic acid groups (broad SMARTS) is 1. The molecule has 0 aliphatic rings. The zero-order valence-corrected chi connectivity index (χ0v) is 10.2. The van der Waals surface area contributed by atoms with E-state index in [1.165, 1.54) is 7.05 Å². The first kappa shape index (κ1) is 14.9. The van der Waals surface area contributed by atoms with E-state index in [4.69, 9.17) is 5.11 Å². The third-order valence-corrected chi connectivity index (χ3v) is 2.15. The van der Waals surface area contributed by atoms with Crippen molar-refractivity contribution in [2.24, 2.45) is 0 Å². The van der Waals surface area contributed by atoms with Gasteiger partial charge in [-0.3, -0.25) is 20.3 Å². The van der Waals surface area contributed by atoms with E-state index in [1.54, 1.807) is 0 Å². The lowest BCUT2D eigenvalue weighted by Gasteiger charge is -2.07. The number of aromatic carboxylic acids is 1. The highest BCUT2D eigenvalue weighted by Gasteiger charge is 2.17. The van der Waals surface area contributed by atoms with Crippen molar-refractivity contribution in [2.75, 3.05) is 7.05 Å². The fourth-order valence-electron chi connectivity index (χ4n) is 1.22. The molecule has 1 aromatic rings. The Morgan fingerprint density at radius 1 is 1.15 bits per heavy atom. The van der Waals surface area contributed by atoms with E-state index in [1.807, 2.05) is 10.9 Å². The number of benzene rings is 1. The molecule has 10 nitrogen and oxygen atoms in total. The van der Waals surface area contributed by atoms with Crippen molar-refractivity contribution in [3.05, 3.63) is 39.4 Å². The number of amides is 3. The monoisotopic (exact) mass is 282 g/mol. The Hall–Kier alpha value is -3.17. The van der Waals surface area contributed by atoms with E-state index >= 15 is 0 Å². The molecule has 0 saturated heterocycles. The van der Waals surface area contributed by atoms with Gasteiger partial charge in [0.2, 0.25) is 0 Å². The van der Waals surface area contributed by atoms with Gasteiger partial charge in [-0.15, -0.1) is 0 Å². The molecule has 0 aromatic heterocycles. The van der Waals surface area contributed by atoms with E-state index in [0.717, 1.165) is 18.2 Å². The minimum absolute atomic E-state index is 0.270. The second-order valence-corrected chi connectivity index (χ2v) is 3.49.